The number of Topliss-reactive ketones (excluding diaryl/α,β-unsaturated/α-hetero) is 1. The zero-order valence-corrected chi connectivity index (χ0v) is 33.2. The molecular weight excluding hydrogens is 624 g/mol. The van der Waals surface area contributed by atoms with Crippen LogP contribution in [0.5, 0.6) is 0 Å². The molecule has 0 aromatic rings. The number of amides is 6. The van der Waals surface area contributed by atoms with Crippen molar-refractivity contribution in [2.45, 2.75) is 147 Å². The summed E-state index contributed by atoms with van der Waals surface area (Å²) in [7, 11) is 0. The largest absolute Gasteiger partial charge is 0.346 e. The topological polar surface area (TPSA) is 157 Å². The number of hydrogen-bond acceptors (Lipinski definition) is 6. The molecule has 6 amide bonds. The van der Waals surface area contributed by atoms with Crippen LogP contribution >= 0.6 is 0 Å². The van der Waals surface area contributed by atoms with Gasteiger partial charge in [0, 0.05) is 26.2 Å². The van der Waals surface area contributed by atoms with Crippen molar-refractivity contribution >= 4 is 35.4 Å². The molecule has 1 aliphatic heterocycles. The molecule has 1 saturated heterocycles. The molecule has 12 heteroatoms. The van der Waals surface area contributed by atoms with Gasteiger partial charge in [0.1, 0.15) is 12.1 Å². The van der Waals surface area contributed by atoms with E-state index >= 15 is 0 Å². The fourth-order valence-electron chi connectivity index (χ4n) is 4.53. The molecule has 0 aromatic heterocycles. The van der Waals surface area contributed by atoms with Crippen molar-refractivity contribution in [3.05, 3.63) is 12.7 Å². The maximum atomic E-state index is 13.7. The van der Waals surface area contributed by atoms with Gasteiger partial charge >= 0.3 is 6.03 Å². The quantitative estimate of drug-likeness (QED) is 0.136. The minimum atomic E-state index is -1.02. The van der Waals surface area contributed by atoms with Crippen LogP contribution in [0, 0.1) is 11.3 Å². The summed E-state index contributed by atoms with van der Waals surface area (Å²) in [6, 6.07) is -3.50. The van der Waals surface area contributed by atoms with Gasteiger partial charge in [0.05, 0.1) is 12.6 Å². The van der Waals surface area contributed by atoms with Gasteiger partial charge in [-0.15, -0.1) is 6.58 Å². The van der Waals surface area contributed by atoms with Crippen LogP contribution in [0.3, 0.4) is 0 Å². The van der Waals surface area contributed by atoms with E-state index in [2.05, 4.69) is 62.5 Å². The zero-order chi connectivity index (χ0) is 38.7. The number of likely N-dealkylation sites (tertiary alicyclic amines) is 1. The van der Waals surface area contributed by atoms with Gasteiger partial charge in [0.25, 0.3) is 5.91 Å². The third-order valence-electron chi connectivity index (χ3n) is 6.70. The summed E-state index contributed by atoms with van der Waals surface area (Å²) < 4.78 is 0. The summed E-state index contributed by atoms with van der Waals surface area (Å²) in [4.78, 5) is 79.9. The SMILES string of the molecule is C=CCNC(=O)C(=O)C(CCC)NC(=O)C1CCCN1C(=O)C(NC(=O)NCC(=O)N(CC)CCC)C(C)(C)C.CC.CC(C)C.CCC. The molecule has 0 spiro atoms. The Morgan fingerprint density at radius 3 is 1.92 bits per heavy atom. The Kier molecular flexibility index (Phi) is 28.9. The first kappa shape index (κ1) is 49.9. The summed E-state index contributed by atoms with van der Waals surface area (Å²) in [5.74, 6) is -1.91. The van der Waals surface area contributed by atoms with Gasteiger partial charge in [0.2, 0.25) is 23.5 Å². The first-order chi connectivity index (χ1) is 23.0. The molecule has 4 N–H and O–H groups in total. The van der Waals surface area contributed by atoms with Crippen LogP contribution in [0.4, 0.5) is 4.79 Å². The van der Waals surface area contributed by atoms with Gasteiger partial charge in [-0.2, -0.15) is 0 Å². The molecule has 0 saturated carbocycles. The molecule has 1 rings (SSSR count). The van der Waals surface area contributed by atoms with Crippen LogP contribution in [0.1, 0.15) is 129 Å². The van der Waals surface area contributed by atoms with Gasteiger partial charge in [0.15, 0.2) is 0 Å². The van der Waals surface area contributed by atoms with Crippen molar-refractivity contribution < 1.29 is 28.8 Å². The van der Waals surface area contributed by atoms with Crippen LogP contribution in [0.25, 0.3) is 0 Å². The van der Waals surface area contributed by atoms with Crippen LogP contribution in [0.15, 0.2) is 12.7 Å². The molecule has 3 unspecified atom stereocenters. The predicted molar refractivity (Wildman–Crippen MR) is 200 cm³/mol. The summed E-state index contributed by atoms with van der Waals surface area (Å²) in [6.45, 7) is 30.6. The minimum absolute atomic E-state index is 0.126. The first-order valence-electron chi connectivity index (χ1n) is 18.3. The fourth-order valence-corrected chi connectivity index (χ4v) is 4.53. The number of carbonyl (C=O) groups is 6. The molecule has 12 nitrogen and oxygen atoms in total. The van der Waals surface area contributed by atoms with E-state index < -0.39 is 53.1 Å². The number of ketones is 1. The van der Waals surface area contributed by atoms with Crippen LogP contribution in [0.2, 0.25) is 0 Å². The highest BCUT2D eigenvalue weighted by molar-refractivity contribution is 6.38. The Morgan fingerprint density at radius 2 is 1.47 bits per heavy atom. The molecule has 286 valence electrons. The molecule has 1 aliphatic rings. The Balaban J connectivity index is -0.00000210. The summed E-state index contributed by atoms with van der Waals surface area (Å²) in [5, 5.41) is 10.3. The first-order valence-corrected chi connectivity index (χ1v) is 18.3. The van der Waals surface area contributed by atoms with Gasteiger partial charge in [-0.3, -0.25) is 24.0 Å². The van der Waals surface area contributed by atoms with Crippen molar-refractivity contribution in [2.24, 2.45) is 11.3 Å². The standard InChI is InChI=1S/C28H48N6O6.C4H10.C3H8.C2H6/c1-8-13-19(22(36)25(38)29-15-9-2)31-24(37)20-14-12-17-34(20)26(39)23(28(5,6)7)32-27(40)30-18-21(35)33(11-4)16-10-3;1-4(2)3;1-3-2;1-2/h9,19-20,23H,2,8,10-18H2,1,3-7H3,(H,29,38)(H,31,37)(H2,30,32,40);4H,1-3H3;3H2,1-2H3;1-2H3. The molecule has 0 aromatic carbocycles. The van der Waals surface area contributed by atoms with E-state index in [9.17, 15) is 28.8 Å². The number of nitrogens with zero attached hydrogens (tertiary/aromatic N) is 2. The summed E-state index contributed by atoms with van der Waals surface area (Å²) in [6.07, 6.45) is 5.27. The van der Waals surface area contributed by atoms with Crippen molar-refractivity contribution in [1.82, 2.24) is 31.1 Å². The van der Waals surface area contributed by atoms with Crippen molar-refractivity contribution in [3.8, 4) is 0 Å². The monoisotopic (exact) mass is 697 g/mol. The summed E-state index contributed by atoms with van der Waals surface area (Å²) in [5.41, 5.74) is -0.705. The predicted octanol–water partition coefficient (Wildman–Crippen LogP) is 5.21. The molecule has 1 heterocycles. The average molecular weight is 697 g/mol. The van der Waals surface area contributed by atoms with E-state index in [0.717, 1.165) is 12.3 Å². The van der Waals surface area contributed by atoms with Crippen molar-refractivity contribution in [3.63, 3.8) is 0 Å². The third-order valence-corrected chi connectivity index (χ3v) is 6.70. The lowest BCUT2D eigenvalue weighted by atomic mass is 9.85. The third kappa shape index (κ3) is 21.3. The van der Waals surface area contributed by atoms with Gasteiger partial charge in [-0.1, -0.05) is 102 Å². The molecule has 1 fully saturated rings. The van der Waals surface area contributed by atoms with Crippen LogP contribution < -0.4 is 21.3 Å². The Labute approximate surface area is 298 Å². The Hall–Kier alpha value is -3.44. The van der Waals surface area contributed by atoms with E-state index in [-0.39, 0.29) is 25.4 Å². The van der Waals surface area contributed by atoms with Crippen LogP contribution in [-0.2, 0) is 24.0 Å². The maximum absolute atomic E-state index is 13.7. The zero-order valence-electron chi connectivity index (χ0n) is 33.2. The maximum Gasteiger partial charge on any atom is 0.315 e. The van der Waals surface area contributed by atoms with Crippen molar-refractivity contribution in [2.75, 3.05) is 32.7 Å². The number of likely N-dealkylation sites (N-methyl/N-ethyl adjacent to an activating group) is 1. The highest BCUT2D eigenvalue weighted by atomic mass is 16.2. The molecule has 49 heavy (non-hydrogen) atoms. The Bertz CT molecular complexity index is 992. The fraction of sp³-hybridized carbons (Fsp3) is 0.784. The number of nitrogens with one attached hydrogen (secondary N) is 4. The van der Waals surface area contributed by atoms with Crippen molar-refractivity contribution in [1.29, 1.82) is 0 Å². The average Bonchev–Trinajstić information content (AvgIpc) is 3.54. The molecule has 0 radical (unpaired) electrons. The van der Waals surface area contributed by atoms with Gasteiger partial charge in [-0.25, -0.2) is 4.79 Å². The lowest BCUT2D eigenvalue weighted by molar-refractivity contribution is -0.143. The molecular formula is C37H72N6O6. The number of carbonyl (C=O) groups excluding carboxylic acids is 6. The second-order valence-electron chi connectivity index (χ2n) is 13.4. The van der Waals surface area contributed by atoms with E-state index in [1.165, 1.54) is 17.4 Å². The minimum Gasteiger partial charge on any atom is -0.346 e. The van der Waals surface area contributed by atoms with E-state index in [1.807, 2.05) is 34.6 Å². The number of urea groups is 1. The van der Waals surface area contributed by atoms with Crippen LogP contribution in [-0.4, -0.2) is 96.1 Å². The lowest BCUT2D eigenvalue weighted by Gasteiger charge is -2.35. The van der Waals surface area contributed by atoms with E-state index in [1.54, 1.807) is 25.7 Å². The highest BCUT2D eigenvalue weighted by Gasteiger charge is 2.42. The second kappa shape index (κ2) is 28.4. The second-order valence-corrected chi connectivity index (χ2v) is 13.4. The molecule has 3 atom stereocenters. The van der Waals surface area contributed by atoms with E-state index in [0.29, 0.717) is 38.9 Å². The van der Waals surface area contributed by atoms with Gasteiger partial charge in [-0.05, 0) is 43.9 Å². The normalized spacial score (nSPS) is 14.6. The number of rotatable bonds is 15. The molecule has 0 aliphatic carbocycles. The lowest BCUT2D eigenvalue weighted by Crippen LogP contribution is -2.60. The summed E-state index contributed by atoms with van der Waals surface area (Å²) >= 11 is 0. The number of hydrogen-bond donors (Lipinski definition) is 4. The smallest absolute Gasteiger partial charge is 0.315 e. The Morgan fingerprint density at radius 1 is 0.918 bits per heavy atom. The van der Waals surface area contributed by atoms with Gasteiger partial charge < -0.3 is 31.1 Å². The molecule has 0 bridgehead atoms. The van der Waals surface area contributed by atoms with E-state index in [4.69, 9.17) is 0 Å². The highest BCUT2D eigenvalue weighted by Crippen LogP contribution is 2.26.